The van der Waals surface area contributed by atoms with Crippen molar-refractivity contribution >= 4 is 23.4 Å². The smallest absolute Gasteiger partial charge is 0.257 e. The van der Waals surface area contributed by atoms with Crippen LogP contribution in [0.15, 0.2) is 18.2 Å². The first-order valence-corrected chi connectivity index (χ1v) is 10.8. The first-order valence-electron chi connectivity index (χ1n) is 10.8. The number of likely N-dealkylation sites (N-methyl/N-ethyl adjacent to an activating group) is 2. The minimum Gasteiger partial charge on any atom is -0.491 e. The number of methoxy groups -OCH3 is 1. The zero-order chi connectivity index (χ0) is 24.0. The number of rotatable bonds is 4. The van der Waals surface area contributed by atoms with Crippen LogP contribution in [0.25, 0.3) is 0 Å². The van der Waals surface area contributed by atoms with Gasteiger partial charge in [0.2, 0.25) is 11.8 Å². The quantitative estimate of drug-likeness (QED) is 0.751. The highest BCUT2D eigenvalue weighted by Gasteiger charge is 2.30. The molecule has 1 N–H and O–H groups in total. The van der Waals surface area contributed by atoms with Gasteiger partial charge in [-0.3, -0.25) is 14.4 Å². The molecule has 1 aromatic rings. The van der Waals surface area contributed by atoms with Crippen LogP contribution >= 0.6 is 0 Å². The summed E-state index contributed by atoms with van der Waals surface area (Å²) in [5, 5.41) is 2.71. The summed E-state index contributed by atoms with van der Waals surface area (Å²) in [6.07, 6.45) is -0.256. The van der Waals surface area contributed by atoms with E-state index in [1.807, 2.05) is 37.7 Å². The lowest BCUT2D eigenvalue weighted by Gasteiger charge is -2.36. The number of benzene rings is 1. The van der Waals surface area contributed by atoms with Crippen LogP contribution in [0.2, 0.25) is 0 Å². The number of carbonyl (C=O) groups excluding carboxylic acids is 3. The number of anilines is 1. The molecule has 0 saturated carbocycles. The van der Waals surface area contributed by atoms with Gasteiger partial charge in [-0.25, -0.2) is 0 Å². The normalized spacial score (nSPS) is 22.5. The Morgan fingerprint density at radius 1 is 1.25 bits per heavy atom. The van der Waals surface area contributed by atoms with Gasteiger partial charge in [-0.1, -0.05) is 6.92 Å². The maximum Gasteiger partial charge on any atom is 0.257 e. The van der Waals surface area contributed by atoms with E-state index in [0.29, 0.717) is 36.6 Å². The van der Waals surface area contributed by atoms with E-state index in [9.17, 15) is 14.4 Å². The Labute approximate surface area is 190 Å². The first kappa shape index (κ1) is 25.6. The zero-order valence-corrected chi connectivity index (χ0v) is 20.2. The topological polar surface area (TPSA) is 91.4 Å². The molecule has 9 nitrogen and oxygen atoms in total. The third-order valence-electron chi connectivity index (χ3n) is 5.54. The molecule has 1 heterocycles. The highest BCUT2D eigenvalue weighted by molar-refractivity contribution is 5.99. The average Bonchev–Trinajstić information content (AvgIpc) is 2.71. The van der Waals surface area contributed by atoms with E-state index in [1.165, 1.54) is 6.92 Å². The summed E-state index contributed by atoms with van der Waals surface area (Å²) in [7, 11) is 7.05. The Bertz CT molecular complexity index is 829. The van der Waals surface area contributed by atoms with Crippen molar-refractivity contribution in [1.82, 2.24) is 14.7 Å². The van der Waals surface area contributed by atoms with E-state index in [1.54, 1.807) is 37.3 Å². The second-order valence-electron chi connectivity index (χ2n) is 8.77. The molecule has 0 unspecified atom stereocenters. The van der Waals surface area contributed by atoms with Crippen molar-refractivity contribution in [2.24, 2.45) is 5.92 Å². The summed E-state index contributed by atoms with van der Waals surface area (Å²) in [4.78, 5) is 42.9. The second kappa shape index (κ2) is 11.3. The van der Waals surface area contributed by atoms with Crippen molar-refractivity contribution in [3.63, 3.8) is 0 Å². The molecule has 0 aliphatic carbocycles. The lowest BCUT2D eigenvalue weighted by Crippen LogP contribution is -2.50. The monoisotopic (exact) mass is 448 g/mol. The Morgan fingerprint density at radius 3 is 2.53 bits per heavy atom. The van der Waals surface area contributed by atoms with Crippen molar-refractivity contribution in [1.29, 1.82) is 0 Å². The van der Waals surface area contributed by atoms with Crippen LogP contribution in [-0.4, -0.2) is 99.1 Å². The summed E-state index contributed by atoms with van der Waals surface area (Å²) in [5.74, 6) is -0.0404. The van der Waals surface area contributed by atoms with Crippen molar-refractivity contribution < 1.29 is 23.9 Å². The number of hydrogen-bond donors (Lipinski definition) is 1. The lowest BCUT2D eigenvalue weighted by molar-refractivity contribution is -0.136. The van der Waals surface area contributed by atoms with E-state index >= 15 is 0 Å². The molecular formula is C23H36N4O5. The third kappa shape index (κ3) is 6.67. The van der Waals surface area contributed by atoms with Gasteiger partial charge in [-0.2, -0.15) is 0 Å². The van der Waals surface area contributed by atoms with Crippen LogP contribution in [-0.2, 0) is 14.3 Å². The molecule has 178 valence electrons. The number of amides is 3. The molecule has 1 aliphatic heterocycles. The molecule has 3 amide bonds. The van der Waals surface area contributed by atoms with Crippen LogP contribution in [0, 0.1) is 5.92 Å². The number of nitrogens with zero attached hydrogens (tertiary/aromatic N) is 3. The number of hydrogen-bond acceptors (Lipinski definition) is 6. The van der Waals surface area contributed by atoms with Gasteiger partial charge in [0.15, 0.2) is 0 Å². The third-order valence-corrected chi connectivity index (χ3v) is 5.54. The van der Waals surface area contributed by atoms with Gasteiger partial charge in [-0.05, 0) is 39.2 Å². The highest BCUT2D eigenvalue weighted by atomic mass is 16.5. The summed E-state index contributed by atoms with van der Waals surface area (Å²) in [6.45, 7) is 6.74. The van der Waals surface area contributed by atoms with Gasteiger partial charge in [0.25, 0.3) is 5.91 Å². The molecule has 1 aromatic carbocycles. The fourth-order valence-corrected chi connectivity index (χ4v) is 3.77. The molecule has 9 heteroatoms. The number of ether oxygens (including phenoxy) is 2. The van der Waals surface area contributed by atoms with E-state index in [-0.39, 0.29) is 42.4 Å². The summed E-state index contributed by atoms with van der Waals surface area (Å²) < 4.78 is 11.7. The zero-order valence-electron chi connectivity index (χ0n) is 20.2. The van der Waals surface area contributed by atoms with Crippen molar-refractivity contribution in [3.05, 3.63) is 23.8 Å². The van der Waals surface area contributed by atoms with Crippen molar-refractivity contribution in [3.8, 4) is 5.75 Å². The fourth-order valence-electron chi connectivity index (χ4n) is 3.77. The van der Waals surface area contributed by atoms with Gasteiger partial charge < -0.3 is 29.5 Å². The lowest BCUT2D eigenvalue weighted by atomic mass is 10.0. The molecule has 0 bridgehead atoms. The Kier molecular flexibility index (Phi) is 9.03. The molecule has 32 heavy (non-hydrogen) atoms. The molecule has 3 atom stereocenters. The van der Waals surface area contributed by atoms with Gasteiger partial charge in [0.1, 0.15) is 12.4 Å². The Morgan fingerprint density at radius 2 is 1.94 bits per heavy atom. The van der Waals surface area contributed by atoms with E-state index < -0.39 is 0 Å². The predicted octanol–water partition coefficient (Wildman–Crippen LogP) is 1.54. The minimum absolute atomic E-state index is 0.00609. The van der Waals surface area contributed by atoms with Crippen LogP contribution in [0.5, 0.6) is 5.75 Å². The fraction of sp³-hybridized carbons (Fsp3) is 0.609. The van der Waals surface area contributed by atoms with Gasteiger partial charge in [0, 0.05) is 45.8 Å². The summed E-state index contributed by atoms with van der Waals surface area (Å²) in [5.41, 5.74) is 0.862. The molecule has 0 spiro atoms. The van der Waals surface area contributed by atoms with Gasteiger partial charge in [-0.15, -0.1) is 0 Å². The van der Waals surface area contributed by atoms with Crippen LogP contribution in [0.4, 0.5) is 5.69 Å². The molecule has 0 saturated heterocycles. The van der Waals surface area contributed by atoms with E-state index in [0.717, 1.165) is 0 Å². The average molecular weight is 449 g/mol. The molecule has 1 aliphatic rings. The first-order chi connectivity index (χ1) is 15.0. The van der Waals surface area contributed by atoms with Crippen molar-refractivity contribution in [2.75, 3.05) is 59.8 Å². The standard InChI is InChI=1S/C23H36N4O5/c1-15-11-27(22(29)13-25(4)5)16(2)14-32-20-9-8-18(24-17(3)28)10-19(20)23(30)26(6)12-21(15)31-7/h8-10,15-16,21H,11-14H2,1-7H3,(H,24,28)/t15-,16+,21+/m1/s1. The highest BCUT2D eigenvalue weighted by Crippen LogP contribution is 2.26. The predicted molar refractivity (Wildman–Crippen MR) is 123 cm³/mol. The maximum absolute atomic E-state index is 13.2. The summed E-state index contributed by atoms with van der Waals surface area (Å²) >= 11 is 0. The number of nitrogens with one attached hydrogen (secondary N) is 1. The second-order valence-corrected chi connectivity index (χ2v) is 8.77. The van der Waals surface area contributed by atoms with Crippen LogP contribution in [0.3, 0.4) is 0 Å². The SMILES string of the molecule is CO[C@H]1CN(C)C(=O)c2cc(NC(C)=O)ccc2OC[C@H](C)N(C(=O)CN(C)C)C[C@H]1C. The molecule has 0 radical (unpaired) electrons. The molecule has 0 fully saturated rings. The number of fused-ring (bicyclic) bond motifs is 1. The van der Waals surface area contributed by atoms with Crippen LogP contribution in [0.1, 0.15) is 31.1 Å². The minimum atomic E-state index is -0.256. The van der Waals surface area contributed by atoms with Gasteiger partial charge >= 0.3 is 0 Å². The molecular weight excluding hydrogens is 412 g/mol. The van der Waals surface area contributed by atoms with Crippen LogP contribution < -0.4 is 10.1 Å². The summed E-state index contributed by atoms with van der Waals surface area (Å²) in [6, 6.07) is 4.77. The van der Waals surface area contributed by atoms with Crippen molar-refractivity contribution in [2.45, 2.75) is 32.9 Å². The molecule has 2 rings (SSSR count). The largest absolute Gasteiger partial charge is 0.491 e. The molecule has 0 aromatic heterocycles. The van der Waals surface area contributed by atoms with E-state index in [4.69, 9.17) is 9.47 Å². The number of carbonyl (C=O) groups is 3. The maximum atomic E-state index is 13.2. The Hall–Kier alpha value is -2.65. The Balaban J connectivity index is 2.44. The van der Waals surface area contributed by atoms with E-state index in [2.05, 4.69) is 5.32 Å². The van der Waals surface area contributed by atoms with Gasteiger partial charge in [0.05, 0.1) is 24.3 Å².